The first-order chi connectivity index (χ1) is 15.5. The molecule has 0 spiro atoms. The first-order valence-corrected chi connectivity index (χ1v) is 12.6. The van der Waals surface area contributed by atoms with Crippen LogP contribution in [0.5, 0.6) is 0 Å². The quantitative estimate of drug-likeness (QED) is 0.434. The first kappa shape index (κ1) is 24.5. The van der Waals surface area contributed by atoms with Crippen LogP contribution in [-0.2, 0) is 10.0 Å². The van der Waals surface area contributed by atoms with Crippen LogP contribution in [0.1, 0.15) is 58.9 Å². The van der Waals surface area contributed by atoms with Crippen molar-refractivity contribution < 1.29 is 13.2 Å². The zero-order valence-corrected chi connectivity index (χ0v) is 20.7. The molecule has 2 N–H and O–H groups in total. The molecule has 0 radical (unpaired) electrons. The van der Waals surface area contributed by atoms with E-state index in [9.17, 15) is 13.2 Å². The normalized spacial score (nSPS) is 12.4. The summed E-state index contributed by atoms with van der Waals surface area (Å²) in [6, 6.07) is 20.0. The molecule has 0 aliphatic rings. The molecule has 174 valence electrons. The molecule has 0 aliphatic heterocycles. The Balaban J connectivity index is 1.88. The van der Waals surface area contributed by atoms with Gasteiger partial charge in [-0.2, -0.15) is 0 Å². The van der Waals surface area contributed by atoms with Crippen molar-refractivity contribution >= 4 is 21.6 Å². The second-order valence-corrected chi connectivity index (χ2v) is 10.7. The molecule has 1 atom stereocenters. The van der Waals surface area contributed by atoms with Crippen LogP contribution in [0, 0.1) is 26.7 Å². The third-order valence-electron chi connectivity index (χ3n) is 5.43. The van der Waals surface area contributed by atoms with Crippen molar-refractivity contribution in [2.24, 2.45) is 5.92 Å². The second-order valence-electron chi connectivity index (χ2n) is 9.03. The average Bonchev–Trinajstić information content (AvgIpc) is 2.72. The molecule has 3 rings (SSSR count). The van der Waals surface area contributed by atoms with Gasteiger partial charge in [0.05, 0.1) is 10.9 Å². The van der Waals surface area contributed by atoms with Gasteiger partial charge in [-0.25, -0.2) is 8.42 Å². The van der Waals surface area contributed by atoms with Gasteiger partial charge in [0.1, 0.15) is 0 Å². The van der Waals surface area contributed by atoms with Crippen LogP contribution in [0.25, 0.3) is 0 Å². The first-order valence-electron chi connectivity index (χ1n) is 11.1. The fourth-order valence-corrected chi connectivity index (χ4v) is 5.26. The highest BCUT2D eigenvalue weighted by Crippen LogP contribution is 2.25. The Bertz CT molecular complexity index is 1220. The predicted octanol–water partition coefficient (Wildman–Crippen LogP) is 5.93. The molecule has 33 heavy (non-hydrogen) atoms. The highest BCUT2D eigenvalue weighted by atomic mass is 32.2. The molecule has 0 bridgehead atoms. The van der Waals surface area contributed by atoms with Crippen LogP contribution < -0.4 is 10.0 Å². The van der Waals surface area contributed by atoms with Gasteiger partial charge in [-0.15, -0.1) is 0 Å². The molecule has 0 aliphatic carbocycles. The summed E-state index contributed by atoms with van der Waals surface area (Å²) in [7, 11) is -3.86. The highest BCUT2D eigenvalue weighted by Gasteiger charge is 2.22. The van der Waals surface area contributed by atoms with Crippen LogP contribution in [0.15, 0.2) is 71.6 Å². The maximum absolute atomic E-state index is 13.2. The summed E-state index contributed by atoms with van der Waals surface area (Å²) in [6.07, 6.45) is 0.779. The molecule has 3 aromatic carbocycles. The van der Waals surface area contributed by atoms with Crippen LogP contribution in [0.3, 0.4) is 0 Å². The van der Waals surface area contributed by atoms with E-state index in [0.29, 0.717) is 22.7 Å². The number of rotatable bonds is 8. The lowest BCUT2D eigenvalue weighted by Gasteiger charge is -2.21. The molecule has 1 amide bonds. The molecule has 0 saturated carbocycles. The molecule has 3 aromatic rings. The summed E-state index contributed by atoms with van der Waals surface area (Å²) >= 11 is 0. The van der Waals surface area contributed by atoms with Gasteiger partial charge >= 0.3 is 0 Å². The molecular formula is C27H32N2O3S. The van der Waals surface area contributed by atoms with Crippen LogP contribution >= 0.6 is 0 Å². The van der Waals surface area contributed by atoms with Crippen molar-refractivity contribution in [2.75, 3.05) is 4.72 Å². The molecular weight excluding hydrogens is 432 g/mol. The van der Waals surface area contributed by atoms with Crippen LogP contribution in [0.4, 0.5) is 5.69 Å². The van der Waals surface area contributed by atoms with E-state index in [-0.39, 0.29) is 16.8 Å². The van der Waals surface area contributed by atoms with E-state index in [1.54, 1.807) is 31.2 Å². The summed E-state index contributed by atoms with van der Waals surface area (Å²) in [6.45, 7) is 9.78. The van der Waals surface area contributed by atoms with E-state index in [1.807, 2.05) is 50.2 Å². The minimum Gasteiger partial charge on any atom is -0.345 e. The standard InChI is InChI=1S/C27H32N2O3S/c1-18(2)13-25(22-9-7-6-8-10-22)28-27(30)23-12-11-21(5)26(17-23)33(31,32)29-24-15-19(3)14-20(4)16-24/h6-12,14-18,25,29H,13H2,1-5H3,(H,28,30)/t25-/m0/s1. The number of carbonyl (C=O) groups is 1. The van der Waals surface area contributed by atoms with E-state index in [0.717, 1.165) is 23.1 Å². The van der Waals surface area contributed by atoms with Gasteiger partial charge in [0.2, 0.25) is 0 Å². The predicted molar refractivity (Wildman–Crippen MR) is 134 cm³/mol. The number of hydrogen-bond donors (Lipinski definition) is 2. The Morgan fingerprint density at radius 1 is 0.879 bits per heavy atom. The fourth-order valence-electron chi connectivity index (χ4n) is 3.95. The largest absolute Gasteiger partial charge is 0.345 e. The minimum absolute atomic E-state index is 0.0921. The molecule has 0 unspecified atom stereocenters. The number of amides is 1. The Morgan fingerprint density at radius 3 is 2.12 bits per heavy atom. The maximum Gasteiger partial charge on any atom is 0.262 e. The lowest BCUT2D eigenvalue weighted by molar-refractivity contribution is 0.0931. The molecule has 0 saturated heterocycles. The van der Waals surface area contributed by atoms with E-state index in [1.165, 1.54) is 6.07 Å². The SMILES string of the molecule is Cc1cc(C)cc(NS(=O)(=O)c2cc(C(=O)N[C@@H](CC(C)C)c3ccccc3)ccc2C)c1. The van der Waals surface area contributed by atoms with Gasteiger partial charge in [-0.3, -0.25) is 9.52 Å². The Kier molecular flexibility index (Phi) is 7.59. The highest BCUT2D eigenvalue weighted by molar-refractivity contribution is 7.92. The smallest absolute Gasteiger partial charge is 0.262 e. The van der Waals surface area contributed by atoms with Gasteiger partial charge in [-0.1, -0.05) is 56.3 Å². The van der Waals surface area contributed by atoms with Gasteiger partial charge in [0, 0.05) is 11.3 Å². The van der Waals surface area contributed by atoms with Gasteiger partial charge in [-0.05, 0) is 79.6 Å². The Labute approximate surface area is 197 Å². The van der Waals surface area contributed by atoms with Crippen molar-refractivity contribution in [3.05, 3.63) is 94.5 Å². The topological polar surface area (TPSA) is 75.3 Å². The third kappa shape index (κ3) is 6.45. The number of hydrogen-bond acceptors (Lipinski definition) is 3. The molecule has 0 fully saturated rings. The van der Waals surface area contributed by atoms with Crippen LogP contribution in [0.2, 0.25) is 0 Å². The number of nitrogens with one attached hydrogen (secondary N) is 2. The minimum atomic E-state index is -3.86. The Hall–Kier alpha value is -3.12. The monoisotopic (exact) mass is 464 g/mol. The summed E-state index contributed by atoms with van der Waals surface area (Å²) in [5.41, 5.74) is 4.35. The molecule has 0 aromatic heterocycles. The van der Waals surface area contributed by atoms with E-state index in [4.69, 9.17) is 0 Å². The number of sulfonamides is 1. The lowest BCUT2D eigenvalue weighted by atomic mass is 9.96. The van der Waals surface area contributed by atoms with E-state index < -0.39 is 10.0 Å². The van der Waals surface area contributed by atoms with Gasteiger partial charge < -0.3 is 5.32 Å². The van der Waals surface area contributed by atoms with Gasteiger partial charge in [0.15, 0.2) is 0 Å². The molecule has 0 heterocycles. The zero-order valence-electron chi connectivity index (χ0n) is 19.8. The van der Waals surface area contributed by atoms with Crippen molar-refractivity contribution in [3.8, 4) is 0 Å². The number of benzene rings is 3. The molecule has 6 heteroatoms. The summed E-state index contributed by atoms with van der Waals surface area (Å²) < 4.78 is 29.0. The molecule has 5 nitrogen and oxygen atoms in total. The number of aryl methyl sites for hydroxylation is 3. The van der Waals surface area contributed by atoms with Crippen molar-refractivity contribution in [1.82, 2.24) is 5.32 Å². The number of carbonyl (C=O) groups excluding carboxylic acids is 1. The Morgan fingerprint density at radius 2 is 1.52 bits per heavy atom. The van der Waals surface area contributed by atoms with Crippen molar-refractivity contribution in [3.63, 3.8) is 0 Å². The zero-order chi connectivity index (χ0) is 24.2. The fraction of sp³-hybridized carbons (Fsp3) is 0.296. The van der Waals surface area contributed by atoms with Crippen molar-refractivity contribution in [2.45, 2.75) is 52.0 Å². The van der Waals surface area contributed by atoms with Crippen LogP contribution in [-0.4, -0.2) is 14.3 Å². The second kappa shape index (κ2) is 10.2. The average molecular weight is 465 g/mol. The van der Waals surface area contributed by atoms with Crippen molar-refractivity contribution in [1.29, 1.82) is 0 Å². The third-order valence-corrected chi connectivity index (χ3v) is 6.95. The maximum atomic E-state index is 13.2. The van der Waals surface area contributed by atoms with E-state index in [2.05, 4.69) is 23.9 Å². The summed E-state index contributed by atoms with van der Waals surface area (Å²) in [5, 5.41) is 3.09. The lowest BCUT2D eigenvalue weighted by Crippen LogP contribution is -2.29. The summed E-state index contributed by atoms with van der Waals surface area (Å²) in [4.78, 5) is 13.2. The summed E-state index contributed by atoms with van der Waals surface area (Å²) in [5.74, 6) is 0.0822. The van der Waals surface area contributed by atoms with E-state index >= 15 is 0 Å². The number of anilines is 1. The van der Waals surface area contributed by atoms with Gasteiger partial charge in [0.25, 0.3) is 15.9 Å².